The van der Waals surface area contributed by atoms with E-state index in [1.54, 1.807) is 18.2 Å². The summed E-state index contributed by atoms with van der Waals surface area (Å²) in [7, 11) is -3.23. The molecule has 2 aliphatic heterocycles. The maximum absolute atomic E-state index is 12.7. The zero-order valence-corrected chi connectivity index (χ0v) is 15.8. The summed E-state index contributed by atoms with van der Waals surface area (Å²) in [4.78, 5) is 17.3. The molecule has 3 rings (SSSR count). The van der Waals surface area contributed by atoms with E-state index >= 15 is 0 Å². The van der Waals surface area contributed by atoms with Gasteiger partial charge in [0.2, 0.25) is 0 Å². The van der Waals surface area contributed by atoms with Crippen LogP contribution < -0.4 is 5.32 Å². The Labute approximate surface area is 150 Å². The first-order chi connectivity index (χ1) is 12.0. The molecule has 1 saturated heterocycles. The fraction of sp³-hybridized carbons (Fsp3) is 0.611. The zero-order chi connectivity index (χ0) is 18.0. The first-order valence-electron chi connectivity index (χ1n) is 9.07. The molecule has 1 aromatic carbocycles. The van der Waals surface area contributed by atoms with Crippen molar-refractivity contribution in [3.8, 4) is 0 Å². The van der Waals surface area contributed by atoms with Crippen molar-refractivity contribution in [1.29, 1.82) is 0 Å². The van der Waals surface area contributed by atoms with Crippen LogP contribution in [-0.2, 0) is 9.84 Å². The summed E-state index contributed by atoms with van der Waals surface area (Å²) in [5.74, 6) is 0.0804. The number of carbonyl (C=O) groups is 1. The minimum Gasteiger partial charge on any atom is -0.331 e. The molecule has 2 aliphatic rings. The van der Waals surface area contributed by atoms with Crippen molar-refractivity contribution in [3.05, 3.63) is 29.8 Å². The van der Waals surface area contributed by atoms with E-state index in [2.05, 4.69) is 24.1 Å². The van der Waals surface area contributed by atoms with Crippen molar-refractivity contribution in [3.63, 3.8) is 0 Å². The Bertz CT molecular complexity index is 731. The van der Waals surface area contributed by atoms with Crippen molar-refractivity contribution in [2.75, 3.05) is 31.9 Å². The fourth-order valence-electron chi connectivity index (χ4n) is 3.94. The average molecular weight is 365 g/mol. The van der Waals surface area contributed by atoms with Gasteiger partial charge in [0.1, 0.15) is 0 Å². The van der Waals surface area contributed by atoms with Crippen molar-refractivity contribution in [2.45, 2.75) is 43.7 Å². The number of sulfone groups is 1. The number of nitrogens with one attached hydrogen (secondary N) is 1. The third kappa shape index (κ3) is 3.67. The number of rotatable bonds is 4. The van der Waals surface area contributed by atoms with Gasteiger partial charge in [-0.2, -0.15) is 0 Å². The molecule has 2 amide bonds. The van der Waals surface area contributed by atoms with E-state index < -0.39 is 9.84 Å². The average Bonchev–Trinajstić information content (AvgIpc) is 3.09. The maximum Gasteiger partial charge on any atom is 0.317 e. The molecular weight excluding hydrogens is 338 g/mol. The molecule has 0 bridgehead atoms. The monoisotopic (exact) mass is 365 g/mol. The third-order valence-electron chi connectivity index (χ3n) is 5.38. The Morgan fingerprint density at radius 3 is 2.68 bits per heavy atom. The second-order valence-electron chi connectivity index (χ2n) is 6.76. The van der Waals surface area contributed by atoms with Crippen molar-refractivity contribution in [2.24, 2.45) is 0 Å². The number of nitrogens with zero attached hydrogens (tertiary/aromatic N) is 2. The lowest BCUT2D eigenvalue weighted by molar-refractivity contribution is 0.189. The predicted octanol–water partition coefficient (Wildman–Crippen LogP) is 2.03. The quantitative estimate of drug-likeness (QED) is 0.886. The lowest BCUT2D eigenvalue weighted by Crippen LogP contribution is -2.44. The van der Waals surface area contributed by atoms with Crippen LogP contribution in [0.25, 0.3) is 0 Å². The zero-order valence-electron chi connectivity index (χ0n) is 14.9. The predicted molar refractivity (Wildman–Crippen MR) is 97.3 cm³/mol. The van der Waals surface area contributed by atoms with Crippen LogP contribution in [0.15, 0.2) is 29.2 Å². The van der Waals surface area contributed by atoms with E-state index in [1.165, 1.54) is 0 Å². The number of urea groups is 1. The molecule has 0 saturated carbocycles. The molecule has 2 heterocycles. The summed E-state index contributed by atoms with van der Waals surface area (Å²) in [6.45, 7) is 7.76. The number of hydrogen-bond donors (Lipinski definition) is 1. The van der Waals surface area contributed by atoms with Gasteiger partial charge in [-0.1, -0.05) is 32.0 Å². The van der Waals surface area contributed by atoms with Gasteiger partial charge in [0.05, 0.1) is 16.7 Å². The number of amides is 2. The molecular formula is C18H27N3O3S. The minimum atomic E-state index is -3.23. The molecule has 2 atom stereocenters. The summed E-state index contributed by atoms with van der Waals surface area (Å²) in [6, 6.07) is 7.09. The van der Waals surface area contributed by atoms with Crippen LogP contribution in [0, 0.1) is 0 Å². The molecule has 1 N–H and O–H groups in total. The minimum absolute atomic E-state index is 0.0804. The van der Waals surface area contributed by atoms with Gasteiger partial charge < -0.3 is 10.2 Å². The van der Waals surface area contributed by atoms with E-state index in [1.807, 2.05) is 11.0 Å². The Morgan fingerprint density at radius 2 is 1.96 bits per heavy atom. The topological polar surface area (TPSA) is 69.7 Å². The first kappa shape index (κ1) is 18.2. The Balaban J connectivity index is 1.68. The first-order valence-corrected chi connectivity index (χ1v) is 10.7. The molecule has 1 aromatic rings. The smallest absolute Gasteiger partial charge is 0.317 e. The van der Waals surface area contributed by atoms with E-state index in [0.29, 0.717) is 22.9 Å². The number of likely N-dealkylation sites (N-methyl/N-ethyl adjacent to an activating group) is 1. The van der Waals surface area contributed by atoms with Gasteiger partial charge in [-0.15, -0.1) is 0 Å². The highest BCUT2D eigenvalue weighted by Gasteiger charge is 2.34. The van der Waals surface area contributed by atoms with E-state index in [4.69, 9.17) is 0 Å². The molecule has 2 unspecified atom stereocenters. The lowest BCUT2D eigenvalue weighted by Gasteiger charge is -2.29. The number of fused-ring (bicyclic) bond motifs is 1. The van der Waals surface area contributed by atoms with Gasteiger partial charge in [-0.05, 0) is 37.6 Å². The second-order valence-corrected chi connectivity index (χ2v) is 8.83. The Hall–Kier alpha value is -1.60. The summed E-state index contributed by atoms with van der Waals surface area (Å²) in [6.07, 6.45) is 1.42. The lowest BCUT2D eigenvalue weighted by atomic mass is 10.0. The summed E-state index contributed by atoms with van der Waals surface area (Å²) in [5.41, 5.74) is 0.710. The highest BCUT2D eigenvalue weighted by atomic mass is 32.2. The van der Waals surface area contributed by atoms with E-state index in [9.17, 15) is 13.2 Å². The highest BCUT2D eigenvalue weighted by Crippen LogP contribution is 2.32. The molecule has 0 spiro atoms. The van der Waals surface area contributed by atoms with Gasteiger partial charge in [0.25, 0.3) is 0 Å². The third-order valence-corrected chi connectivity index (χ3v) is 7.20. The van der Waals surface area contributed by atoms with Gasteiger partial charge >= 0.3 is 6.03 Å². The van der Waals surface area contributed by atoms with Gasteiger partial charge in [-0.25, -0.2) is 13.2 Å². The molecule has 0 aliphatic carbocycles. The van der Waals surface area contributed by atoms with Crippen molar-refractivity contribution >= 4 is 15.9 Å². The van der Waals surface area contributed by atoms with E-state index in [-0.39, 0.29) is 17.8 Å². The van der Waals surface area contributed by atoms with Crippen LogP contribution in [0.3, 0.4) is 0 Å². The number of likely N-dealkylation sites (tertiary alicyclic amines) is 1. The number of carbonyl (C=O) groups excluding carboxylic acids is 1. The SMILES string of the molecule is CCN(CC)C1CCN(C(=O)NC2CCS(=O)(=O)c3ccccc32)C1. The fourth-order valence-corrected chi connectivity index (χ4v) is 5.57. The van der Waals surface area contributed by atoms with Crippen LogP contribution in [0.4, 0.5) is 4.79 Å². The van der Waals surface area contributed by atoms with E-state index in [0.717, 1.165) is 32.6 Å². The normalized spacial score (nSPS) is 25.0. The second kappa shape index (κ2) is 7.33. The largest absolute Gasteiger partial charge is 0.331 e. The molecule has 138 valence electrons. The summed E-state index contributed by atoms with van der Waals surface area (Å²) >= 11 is 0. The van der Waals surface area contributed by atoms with Crippen LogP contribution >= 0.6 is 0 Å². The van der Waals surface area contributed by atoms with Crippen LogP contribution in [0.2, 0.25) is 0 Å². The Morgan fingerprint density at radius 1 is 1.24 bits per heavy atom. The van der Waals surface area contributed by atoms with Gasteiger partial charge in [0, 0.05) is 19.1 Å². The Kier molecular flexibility index (Phi) is 5.34. The standard InChI is InChI=1S/C18H27N3O3S/c1-3-20(4-2)14-9-11-21(13-14)18(22)19-16-10-12-25(23,24)17-8-6-5-7-15(16)17/h5-8,14,16H,3-4,9-13H2,1-2H3,(H,19,22). The molecule has 0 radical (unpaired) electrons. The summed E-state index contributed by atoms with van der Waals surface area (Å²) < 4.78 is 24.4. The molecule has 6 nitrogen and oxygen atoms in total. The molecule has 7 heteroatoms. The highest BCUT2D eigenvalue weighted by molar-refractivity contribution is 7.91. The number of hydrogen-bond acceptors (Lipinski definition) is 4. The molecule has 25 heavy (non-hydrogen) atoms. The van der Waals surface area contributed by atoms with Crippen LogP contribution in [-0.4, -0.2) is 62.2 Å². The molecule has 1 fully saturated rings. The van der Waals surface area contributed by atoms with Gasteiger partial charge in [0.15, 0.2) is 9.84 Å². The van der Waals surface area contributed by atoms with Crippen LogP contribution in [0.1, 0.15) is 38.3 Å². The van der Waals surface area contributed by atoms with Gasteiger partial charge in [-0.3, -0.25) is 4.90 Å². The molecule has 0 aromatic heterocycles. The maximum atomic E-state index is 12.7. The summed E-state index contributed by atoms with van der Waals surface area (Å²) in [5, 5.41) is 3.05. The number of benzene rings is 1. The van der Waals surface area contributed by atoms with Crippen molar-refractivity contribution < 1.29 is 13.2 Å². The van der Waals surface area contributed by atoms with Crippen LogP contribution in [0.5, 0.6) is 0 Å². The van der Waals surface area contributed by atoms with Crippen molar-refractivity contribution in [1.82, 2.24) is 15.1 Å².